The molecule has 27 heavy (non-hydrogen) atoms. The van der Waals surface area contributed by atoms with Gasteiger partial charge in [-0.25, -0.2) is 9.97 Å². The van der Waals surface area contributed by atoms with Crippen molar-refractivity contribution in [2.24, 2.45) is 0 Å². The van der Waals surface area contributed by atoms with Crippen LogP contribution in [-0.2, 0) is 16.6 Å². The highest BCUT2D eigenvalue weighted by atomic mass is 32.2. The van der Waals surface area contributed by atoms with E-state index in [1.54, 1.807) is 0 Å². The van der Waals surface area contributed by atoms with Gasteiger partial charge in [-0.05, 0) is 42.7 Å². The molecule has 0 aliphatic carbocycles. The summed E-state index contributed by atoms with van der Waals surface area (Å²) in [7, 11) is 0. The quantitative estimate of drug-likeness (QED) is 0.568. The predicted molar refractivity (Wildman–Crippen MR) is 116 cm³/mol. The summed E-state index contributed by atoms with van der Waals surface area (Å²) < 4.78 is 0. The number of pyridine rings is 1. The molecule has 2 aromatic heterocycles. The molecule has 0 fully saturated rings. The van der Waals surface area contributed by atoms with Crippen LogP contribution >= 0.6 is 23.1 Å². The number of thioether (sulfide) groups is 1. The second kappa shape index (κ2) is 7.98. The van der Waals surface area contributed by atoms with Gasteiger partial charge in [0.2, 0.25) is 5.91 Å². The molecule has 0 saturated carbocycles. The van der Waals surface area contributed by atoms with Crippen molar-refractivity contribution in [2.75, 3.05) is 11.1 Å². The number of aromatic nitrogens is 2. The molecule has 0 unspecified atom stereocenters. The van der Waals surface area contributed by atoms with Crippen LogP contribution in [-0.4, -0.2) is 21.6 Å². The van der Waals surface area contributed by atoms with E-state index in [1.165, 1.54) is 28.7 Å². The average Bonchev–Trinajstić information content (AvgIpc) is 3.08. The molecule has 0 aliphatic heterocycles. The number of carbonyl (C=O) groups is 1. The first-order valence-electron chi connectivity index (χ1n) is 9.05. The minimum absolute atomic E-state index is 0.0159. The smallest absolute Gasteiger partial charge is 0.236 e. The van der Waals surface area contributed by atoms with E-state index in [4.69, 9.17) is 4.98 Å². The second-order valence-corrected chi connectivity index (χ2v) is 9.44. The number of aryl methyl sites for hydroxylation is 2. The van der Waals surface area contributed by atoms with E-state index in [0.717, 1.165) is 33.6 Å². The fourth-order valence-electron chi connectivity index (χ4n) is 2.64. The van der Waals surface area contributed by atoms with E-state index in [9.17, 15) is 4.79 Å². The zero-order valence-corrected chi connectivity index (χ0v) is 18.1. The van der Waals surface area contributed by atoms with E-state index in [-0.39, 0.29) is 11.3 Å². The van der Waals surface area contributed by atoms with Crippen LogP contribution in [0.5, 0.6) is 0 Å². The number of hydrogen-bond acceptors (Lipinski definition) is 5. The molecular formula is C21H25N3OS2. The lowest BCUT2D eigenvalue weighted by Crippen LogP contribution is -2.15. The molecule has 2 heterocycles. The Hall–Kier alpha value is -1.92. The van der Waals surface area contributed by atoms with Crippen molar-refractivity contribution in [3.8, 4) is 0 Å². The molecule has 0 saturated heterocycles. The van der Waals surface area contributed by atoms with Crippen molar-refractivity contribution < 1.29 is 4.79 Å². The van der Waals surface area contributed by atoms with Crippen molar-refractivity contribution >= 4 is 45.0 Å². The number of amides is 1. The first kappa shape index (κ1) is 19.8. The van der Waals surface area contributed by atoms with Gasteiger partial charge in [0, 0.05) is 16.2 Å². The SMILES string of the molecule is CCc1ccc2nc(SCC(=O)Nc3nc(C(C)(C)C)cs3)c(C)cc2c1. The average molecular weight is 400 g/mol. The van der Waals surface area contributed by atoms with E-state index in [2.05, 4.69) is 62.3 Å². The lowest BCUT2D eigenvalue weighted by Gasteiger charge is -2.14. The lowest BCUT2D eigenvalue weighted by atomic mass is 9.93. The Bertz CT molecular complexity index is 973. The van der Waals surface area contributed by atoms with Gasteiger partial charge in [0.15, 0.2) is 5.13 Å². The Morgan fingerprint density at radius 1 is 1.22 bits per heavy atom. The summed E-state index contributed by atoms with van der Waals surface area (Å²) in [6.07, 6.45) is 1.01. The summed E-state index contributed by atoms with van der Waals surface area (Å²) >= 11 is 2.93. The van der Waals surface area contributed by atoms with Crippen LogP contribution in [0.3, 0.4) is 0 Å². The summed E-state index contributed by atoms with van der Waals surface area (Å²) in [4.78, 5) is 21.6. The molecule has 0 bridgehead atoms. The number of benzene rings is 1. The molecule has 0 spiro atoms. The van der Waals surface area contributed by atoms with Gasteiger partial charge in [-0.3, -0.25) is 4.79 Å². The number of nitrogens with zero attached hydrogens (tertiary/aromatic N) is 2. The molecule has 0 aliphatic rings. The van der Waals surface area contributed by atoms with E-state index < -0.39 is 0 Å². The van der Waals surface area contributed by atoms with Crippen LogP contribution in [0, 0.1) is 6.92 Å². The van der Waals surface area contributed by atoms with Gasteiger partial charge in [-0.2, -0.15) is 0 Å². The van der Waals surface area contributed by atoms with Crippen LogP contribution < -0.4 is 5.32 Å². The summed E-state index contributed by atoms with van der Waals surface area (Å²) in [6, 6.07) is 8.51. The Balaban J connectivity index is 1.66. The van der Waals surface area contributed by atoms with Crippen LogP contribution in [0.4, 0.5) is 5.13 Å². The van der Waals surface area contributed by atoms with Gasteiger partial charge in [-0.15, -0.1) is 11.3 Å². The van der Waals surface area contributed by atoms with Crippen molar-refractivity contribution in [3.63, 3.8) is 0 Å². The highest BCUT2D eigenvalue weighted by molar-refractivity contribution is 8.00. The van der Waals surface area contributed by atoms with Gasteiger partial charge in [-0.1, -0.05) is 45.5 Å². The minimum Gasteiger partial charge on any atom is -0.301 e. The molecule has 0 radical (unpaired) electrons. The standard InChI is InChI=1S/C21H25N3OS2/c1-6-14-7-8-16-15(10-14)9-13(2)19(22-16)26-12-18(25)24-20-23-17(11-27-20)21(3,4)5/h7-11H,6,12H2,1-5H3,(H,23,24,25). The third kappa shape index (κ3) is 4.87. The molecule has 3 aromatic rings. The van der Waals surface area contributed by atoms with Gasteiger partial charge >= 0.3 is 0 Å². The first-order chi connectivity index (χ1) is 12.8. The summed E-state index contributed by atoms with van der Waals surface area (Å²) in [6.45, 7) is 10.5. The van der Waals surface area contributed by atoms with E-state index >= 15 is 0 Å². The van der Waals surface area contributed by atoms with Crippen LogP contribution in [0.1, 0.15) is 44.5 Å². The molecule has 1 aromatic carbocycles. The molecule has 0 atom stereocenters. The van der Waals surface area contributed by atoms with Crippen molar-refractivity contribution in [3.05, 3.63) is 46.5 Å². The lowest BCUT2D eigenvalue weighted by molar-refractivity contribution is -0.113. The first-order valence-corrected chi connectivity index (χ1v) is 10.9. The normalized spacial score (nSPS) is 11.7. The van der Waals surface area contributed by atoms with Gasteiger partial charge in [0.05, 0.1) is 17.0 Å². The number of fused-ring (bicyclic) bond motifs is 1. The Kier molecular flexibility index (Phi) is 5.86. The number of nitrogens with one attached hydrogen (secondary N) is 1. The van der Waals surface area contributed by atoms with Crippen molar-refractivity contribution in [1.82, 2.24) is 9.97 Å². The number of rotatable bonds is 5. The highest BCUT2D eigenvalue weighted by Gasteiger charge is 2.18. The Morgan fingerprint density at radius 2 is 2.00 bits per heavy atom. The zero-order chi connectivity index (χ0) is 19.6. The zero-order valence-electron chi connectivity index (χ0n) is 16.4. The largest absolute Gasteiger partial charge is 0.301 e. The van der Waals surface area contributed by atoms with E-state index in [1.807, 2.05) is 12.3 Å². The third-order valence-corrected chi connectivity index (χ3v) is 6.14. The molecule has 4 nitrogen and oxygen atoms in total. The van der Waals surface area contributed by atoms with Crippen molar-refractivity contribution in [2.45, 2.75) is 51.5 Å². The van der Waals surface area contributed by atoms with Crippen LogP contribution in [0.25, 0.3) is 10.9 Å². The summed E-state index contributed by atoms with van der Waals surface area (Å²) in [5.41, 5.74) is 4.35. The predicted octanol–water partition coefficient (Wildman–Crippen LogP) is 5.59. The number of carbonyl (C=O) groups excluding carboxylic acids is 1. The van der Waals surface area contributed by atoms with Gasteiger partial charge in [0.25, 0.3) is 0 Å². The van der Waals surface area contributed by atoms with Crippen molar-refractivity contribution in [1.29, 1.82) is 0 Å². The number of anilines is 1. The summed E-state index contributed by atoms with van der Waals surface area (Å²) in [5.74, 6) is 0.258. The third-order valence-electron chi connectivity index (χ3n) is 4.29. The maximum atomic E-state index is 12.3. The molecule has 6 heteroatoms. The monoisotopic (exact) mass is 399 g/mol. The number of hydrogen-bond donors (Lipinski definition) is 1. The molecule has 3 rings (SSSR count). The van der Waals surface area contributed by atoms with Gasteiger partial charge < -0.3 is 5.32 Å². The Morgan fingerprint density at radius 3 is 2.67 bits per heavy atom. The molecular weight excluding hydrogens is 374 g/mol. The summed E-state index contributed by atoms with van der Waals surface area (Å²) in [5, 5.41) is 7.60. The Labute approximate surface area is 168 Å². The minimum atomic E-state index is -0.0579. The maximum Gasteiger partial charge on any atom is 0.236 e. The molecule has 142 valence electrons. The van der Waals surface area contributed by atoms with Crippen LogP contribution in [0.15, 0.2) is 34.7 Å². The van der Waals surface area contributed by atoms with Gasteiger partial charge in [0.1, 0.15) is 5.03 Å². The topological polar surface area (TPSA) is 54.9 Å². The fourth-order valence-corrected chi connectivity index (χ4v) is 4.39. The molecule has 1 N–H and O–H groups in total. The number of thiazole rings is 1. The maximum absolute atomic E-state index is 12.3. The van der Waals surface area contributed by atoms with E-state index in [0.29, 0.717) is 10.9 Å². The fraction of sp³-hybridized carbons (Fsp3) is 0.381. The van der Waals surface area contributed by atoms with Crippen LogP contribution in [0.2, 0.25) is 0 Å². The highest BCUT2D eigenvalue weighted by Crippen LogP contribution is 2.28. The second-order valence-electron chi connectivity index (χ2n) is 7.62. The molecule has 1 amide bonds.